The lowest BCUT2D eigenvalue weighted by Gasteiger charge is -2.17. The predicted octanol–water partition coefficient (Wildman–Crippen LogP) is 2.67. The summed E-state index contributed by atoms with van der Waals surface area (Å²) in [6.45, 7) is 3.74. The zero-order chi connectivity index (χ0) is 20.5. The Bertz CT molecular complexity index is 1000. The van der Waals surface area contributed by atoms with Crippen molar-refractivity contribution in [1.29, 1.82) is 0 Å². The minimum absolute atomic E-state index is 0.118. The molecule has 150 valence electrons. The minimum atomic E-state index is -0.475. The van der Waals surface area contributed by atoms with Crippen LogP contribution in [0.1, 0.15) is 18.9 Å². The van der Waals surface area contributed by atoms with Gasteiger partial charge in [0.2, 0.25) is 24.5 Å². The van der Waals surface area contributed by atoms with E-state index in [4.69, 9.17) is 9.47 Å². The second-order valence-corrected chi connectivity index (χ2v) is 7.14. The van der Waals surface area contributed by atoms with Gasteiger partial charge in [-0.1, -0.05) is 6.07 Å². The average molecular weight is 395 g/mol. The van der Waals surface area contributed by atoms with Gasteiger partial charge < -0.3 is 25.0 Å². The summed E-state index contributed by atoms with van der Waals surface area (Å²) in [6.07, 6.45) is 0.130. The molecule has 2 heterocycles. The first-order valence-electron chi connectivity index (χ1n) is 9.30. The molecule has 0 aliphatic carbocycles. The molecule has 3 amide bonds. The van der Waals surface area contributed by atoms with Gasteiger partial charge in [0.1, 0.15) is 0 Å². The summed E-state index contributed by atoms with van der Waals surface area (Å²) in [5, 5.41) is 5.58. The van der Waals surface area contributed by atoms with Gasteiger partial charge in [0.15, 0.2) is 11.5 Å². The summed E-state index contributed by atoms with van der Waals surface area (Å²) in [5.41, 5.74) is 2.75. The Morgan fingerprint density at radius 2 is 1.86 bits per heavy atom. The zero-order valence-electron chi connectivity index (χ0n) is 16.2. The third-order valence-electron chi connectivity index (χ3n) is 4.98. The molecule has 2 aliphatic rings. The number of carbonyl (C=O) groups excluding carboxylic acids is 3. The van der Waals surface area contributed by atoms with Crippen molar-refractivity contribution >= 4 is 34.8 Å². The highest BCUT2D eigenvalue weighted by Crippen LogP contribution is 2.37. The summed E-state index contributed by atoms with van der Waals surface area (Å²) in [4.78, 5) is 38.1. The van der Waals surface area contributed by atoms with E-state index in [1.807, 2.05) is 13.0 Å². The van der Waals surface area contributed by atoms with Crippen LogP contribution < -0.4 is 25.0 Å². The molecule has 2 N–H and O–H groups in total. The van der Waals surface area contributed by atoms with Crippen LogP contribution in [0.4, 0.5) is 17.1 Å². The lowest BCUT2D eigenvalue weighted by atomic mass is 10.1. The third kappa shape index (κ3) is 3.87. The fraction of sp³-hybridized carbons (Fsp3) is 0.286. The highest BCUT2D eigenvalue weighted by molar-refractivity contribution is 6.04. The third-order valence-corrected chi connectivity index (χ3v) is 4.98. The van der Waals surface area contributed by atoms with Crippen molar-refractivity contribution in [2.75, 3.05) is 28.9 Å². The number of ether oxygens (including phenoxy) is 2. The highest BCUT2D eigenvalue weighted by atomic mass is 16.7. The molecule has 0 saturated carbocycles. The predicted molar refractivity (Wildman–Crippen MR) is 107 cm³/mol. The lowest BCUT2D eigenvalue weighted by Crippen LogP contribution is -2.28. The molecule has 0 radical (unpaired) electrons. The van der Waals surface area contributed by atoms with E-state index in [9.17, 15) is 14.4 Å². The summed E-state index contributed by atoms with van der Waals surface area (Å²) in [5.74, 6) is 0.221. The van der Waals surface area contributed by atoms with Crippen LogP contribution in [0.3, 0.4) is 0 Å². The number of anilines is 3. The van der Waals surface area contributed by atoms with E-state index in [1.54, 1.807) is 35.2 Å². The number of hydrogen-bond donors (Lipinski definition) is 2. The van der Waals surface area contributed by atoms with Gasteiger partial charge in [0.05, 0.1) is 5.92 Å². The van der Waals surface area contributed by atoms with Gasteiger partial charge in [-0.25, -0.2) is 0 Å². The smallest absolute Gasteiger partial charge is 0.231 e. The quantitative estimate of drug-likeness (QED) is 0.830. The summed E-state index contributed by atoms with van der Waals surface area (Å²) in [6, 6.07) is 10.6. The molecule has 1 atom stereocenters. The standard InChI is InChI=1S/C21H21N3O5/c1-12-3-4-15(22-13(2)25)8-17(12)23-21(27)14-7-20(26)24(10-14)16-5-6-18-19(9-16)29-11-28-18/h3-6,8-9,14H,7,10-11H2,1-2H3,(H,22,25)(H,23,27). The highest BCUT2D eigenvalue weighted by Gasteiger charge is 2.36. The van der Waals surface area contributed by atoms with Gasteiger partial charge in [-0.15, -0.1) is 0 Å². The molecule has 0 aromatic heterocycles. The average Bonchev–Trinajstić information content (AvgIpc) is 3.29. The van der Waals surface area contributed by atoms with Crippen LogP contribution in [0.5, 0.6) is 11.5 Å². The van der Waals surface area contributed by atoms with E-state index in [1.165, 1.54) is 6.92 Å². The second-order valence-electron chi connectivity index (χ2n) is 7.14. The van der Waals surface area contributed by atoms with Crippen molar-refractivity contribution in [1.82, 2.24) is 0 Å². The molecule has 0 spiro atoms. The molecule has 1 saturated heterocycles. The molecule has 0 bridgehead atoms. The van der Waals surface area contributed by atoms with Gasteiger partial charge >= 0.3 is 0 Å². The second kappa shape index (κ2) is 7.46. The summed E-state index contributed by atoms with van der Waals surface area (Å²) >= 11 is 0. The number of amides is 3. The fourth-order valence-electron chi connectivity index (χ4n) is 3.46. The van der Waals surface area contributed by atoms with Crippen molar-refractivity contribution in [2.45, 2.75) is 20.3 Å². The lowest BCUT2D eigenvalue weighted by molar-refractivity contribution is -0.122. The maximum Gasteiger partial charge on any atom is 0.231 e. The molecule has 1 unspecified atom stereocenters. The normalized spacial score (nSPS) is 17.4. The molecule has 2 aromatic carbocycles. The first kappa shape index (κ1) is 18.8. The first-order valence-corrected chi connectivity index (χ1v) is 9.30. The van der Waals surface area contributed by atoms with Crippen molar-refractivity contribution in [3.05, 3.63) is 42.0 Å². The maximum absolute atomic E-state index is 12.8. The summed E-state index contributed by atoms with van der Waals surface area (Å²) < 4.78 is 10.7. The SMILES string of the molecule is CC(=O)Nc1ccc(C)c(NC(=O)C2CC(=O)N(c3ccc4c(c3)OCO4)C2)c1. The van der Waals surface area contributed by atoms with Crippen LogP contribution in [0, 0.1) is 12.8 Å². The van der Waals surface area contributed by atoms with Gasteiger partial charge in [-0.2, -0.15) is 0 Å². The minimum Gasteiger partial charge on any atom is -0.454 e. The number of fused-ring (bicyclic) bond motifs is 1. The van der Waals surface area contributed by atoms with E-state index in [-0.39, 0.29) is 37.5 Å². The van der Waals surface area contributed by atoms with Gasteiger partial charge in [-0.05, 0) is 36.8 Å². The van der Waals surface area contributed by atoms with Crippen molar-refractivity contribution < 1.29 is 23.9 Å². The van der Waals surface area contributed by atoms with Crippen LogP contribution in [0.2, 0.25) is 0 Å². The van der Waals surface area contributed by atoms with Crippen LogP contribution in [0.15, 0.2) is 36.4 Å². The largest absolute Gasteiger partial charge is 0.454 e. The Morgan fingerprint density at radius 3 is 2.66 bits per heavy atom. The number of aryl methyl sites for hydroxylation is 1. The number of benzene rings is 2. The zero-order valence-corrected chi connectivity index (χ0v) is 16.2. The Labute approximate surface area is 167 Å². The van der Waals surface area contributed by atoms with E-state index in [0.717, 1.165) is 5.56 Å². The molecule has 4 rings (SSSR count). The molecule has 8 nitrogen and oxygen atoms in total. The molecule has 2 aliphatic heterocycles. The van der Waals surface area contributed by atoms with Gasteiger partial charge in [0, 0.05) is 43.0 Å². The molecule has 8 heteroatoms. The Kier molecular flexibility index (Phi) is 4.84. The van der Waals surface area contributed by atoms with Crippen LogP contribution in [-0.4, -0.2) is 31.1 Å². The van der Waals surface area contributed by atoms with Crippen molar-refractivity contribution in [3.63, 3.8) is 0 Å². The van der Waals surface area contributed by atoms with Crippen LogP contribution in [-0.2, 0) is 14.4 Å². The topological polar surface area (TPSA) is 97.0 Å². The number of rotatable bonds is 4. The number of nitrogens with one attached hydrogen (secondary N) is 2. The van der Waals surface area contributed by atoms with Gasteiger partial charge in [-0.3, -0.25) is 14.4 Å². The monoisotopic (exact) mass is 395 g/mol. The number of carbonyl (C=O) groups is 3. The molecule has 2 aromatic rings. The molecule has 29 heavy (non-hydrogen) atoms. The number of nitrogens with zero attached hydrogens (tertiary/aromatic N) is 1. The first-order chi connectivity index (χ1) is 13.9. The van der Waals surface area contributed by atoms with E-state index in [2.05, 4.69) is 10.6 Å². The van der Waals surface area contributed by atoms with Crippen LogP contribution >= 0.6 is 0 Å². The summed E-state index contributed by atoms with van der Waals surface area (Å²) in [7, 11) is 0. The van der Waals surface area contributed by atoms with Gasteiger partial charge in [0.25, 0.3) is 0 Å². The Morgan fingerprint density at radius 1 is 1.07 bits per heavy atom. The van der Waals surface area contributed by atoms with Crippen molar-refractivity contribution in [3.8, 4) is 11.5 Å². The number of hydrogen-bond acceptors (Lipinski definition) is 5. The van der Waals surface area contributed by atoms with E-state index in [0.29, 0.717) is 28.6 Å². The van der Waals surface area contributed by atoms with Crippen LogP contribution in [0.25, 0.3) is 0 Å². The molecule has 1 fully saturated rings. The molecular formula is C21H21N3O5. The van der Waals surface area contributed by atoms with E-state index < -0.39 is 5.92 Å². The molecular weight excluding hydrogens is 374 g/mol. The Hall–Kier alpha value is -3.55. The Balaban J connectivity index is 1.46. The van der Waals surface area contributed by atoms with Crippen molar-refractivity contribution in [2.24, 2.45) is 5.92 Å². The van der Waals surface area contributed by atoms with E-state index >= 15 is 0 Å². The maximum atomic E-state index is 12.8. The fourth-order valence-corrected chi connectivity index (χ4v) is 3.46.